The minimum absolute atomic E-state index is 0.0111. The van der Waals surface area contributed by atoms with E-state index in [-0.39, 0.29) is 19.1 Å². The van der Waals surface area contributed by atoms with Gasteiger partial charge in [0.2, 0.25) is 5.91 Å². The largest absolute Gasteiger partial charge is 0.479 e. The van der Waals surface area contributed by atoms with Crippen molar-refractivity contribution in [3.63, 3.8) is 0 Å². The van der Waals surface area contributed by atoms with Crippen LogP contribution in [0.5, 0.6) is 0 Å². The molecular weight excluding hydrogens is 278 g/mol. The minimum Gasteiger partial charge on any atom is -0.479 e. The molecule has 5 nitrogen and oxygen atoms in total. The minimum atomic E-state index is -1.01. The fourth-order valence-corrected chi connectivity index (χ4v) is 2.82. The number of hydrogen-bond donors (Lipinski definition) is 1. The maximum atomic E-state index is 12.0. The molecule has 20 heavy (non-hydrogen) atoms. The Labute approximate surface area is 121 Å². The number of carbonyl (C=O) groups excluding carboxylic acids is 1. The molecule has 0 aliphatic carbocycles. The number of ether oxygens (including phenoxy) is 1. The summed E-state index contributed by atoms with van der Waals surface area (Å²) in [4.78, 5) is 25.6. The topological polar surface area (TPSA) is 66.8 Å². The third-order valence-corrected chi connectivity index (χ3v) is 4.04. The van der Waals surface area contributed by atoms with Gasteiger partial charge in [-0.05, 0) is 12.1 Å². The van der Waals surface area contributed by atoms with Crippen LogP contribution in [-0.4, -0.2) is 53.4 Å². The molecule has 1 amide bonds. The molecular formula is C14H17NO4S. The standard InChI is InChI=1S/C14H17NO4S/c16-13(6-9-20-11-4-2-1-3-5-11)15-7-8-19-12(10-15)14(17)18/h1-5,12H,6-10H2,(H,17,18). The monoisotopic (exact) mass is 295 g/mol. The van der Waals surface area contributed by atoms with Crippen LogP contribution >= 0.6 is 11.8 Å². The van der Waals surface area contributed by atoms with Crippen molar-refractivity contribution in [3.05, 3.63) is 30.3 Å². The second kappa shape index (κ2) is 7.31. The summed E-state index contributed by atoms with van der Waals surface area (Å²) in [7, 11) is 0. The van der Waals surface area contributed by atoms with E-state index < -0.39 is 12.1 Å². The quantitative estimate of drug-likeness (QED) is 0.834. The van der Waals surface area contributed by atoms with E-state index in [1.165, 1.54) is 0 Å². The van der Waals surface area contributed by atoms with Crippen LogP contribution in [0.4, 0.5) is 0 Å². The van der Waals surface area contributed by atoms with Gasteiger partial charge in [0, 0.05) is 23.6 Å². The van der Waals surface area contributed by atoms with Crippen LogP contribution in [0.25, 0.3) is 0 Å². The lowest BCUT2D eigenvalue weighted by Gasteiger charge is -2.30. The molecule has 6 heteroatoms. The van der Waals surface area contributed by atoms with Crippen LogP contribution in [0.2, 0.25) is 0 Å². The summed E-state index contributed by atoms with van der Waals surface area (Å²) in [6, 6.07) is 9.89. The number of carboxylic acids is 1. The molecule has 0 spiro atoms. The number of hydrogen-bond acceptors (Lipinski definition) is 4. The van der Waals surface area contributed by atoms with E-state index in [4.69, 9.17) is 9.84 Å². The summed E-state index contributed by atoms with van der Waals surface area (Å²) in [6.45, 7) is 0.900. The highest BCUT2D eigenvalue weighted by Gasteiger charge is 2.28. The fourth-order valence-electron chi connectivity index (χ4n) is 1.96. The Morgan fingerprint density at radius 2 is 2.10 bits per heavy atom. The van der Waals surface area contributed by atoms with E-state index in [2.05, 4.69) is 0 Å². The van der Waals surface area contributed by atoms with E-state index in [9.17, 15) is 9.59 Å². The number of rotatable bonds is 5. The lowest BCUT2D eigenvalue weighted by Crippen LogP contribution is -2.48. The zero-order valence-electron chi connectivity index (χ0n) is 11.0. The summed E-state index contributed by atoms with van der Waals surface area (Å²) in [6.07, 6.45) is -0.485. The number of carboxylic acid groups (broad SMARTS) is 1. The molecule has 1 aromatic carbocycles. The molecule has 1 aromatic rings. The molecule has 0 radical (unpaired) electrons. The molecule has 1 heterocycles. The first-order valence-electron chi connectivity index (χ1n) is 6.47. The van der Waals surface area contributed by atoms with Gasteiger partial charge in [-0.3, -0.25) is 4.79 Å². The van der Waals surface area contributed by atoms with Crippen molar-refractivity contribution in [2.45, 2.75) is 17.4 Å². The normalized spacial score (nSPS) is 18.8. The fraction of sp³-hybridized carbons (Fsp3) is 0.429. The smallest absolute Gasteiger partial charge is 0.334 e. The Morgan fingerprint density at radius 3 is 2.80 bits per heavy atom. The Kier molecular flexibility index (Phi) is 5.43. The first-order valence-corrected chi connectivity index (χ1v) is 7.45. The first kappa shape index (κ1) is 14.9. The molecule has 1 unspecified atom stereocenters. The molecule has 2 rings (SSSR count). The lowest BCUT2D eigenvalue weighted by molar-refractivity contribution is -0.159. The van der Waals surface area contributed by atoms with Gasteiger partial charge in [0.05, 0.1) is 13.2 Å². The van der Waals surface area contributed by atoms with Crippen LogP contribution in [0.3, 0.4) is 0 Å². The van der Waals surface area contributed by atoms with Crippen molar-refractivity contribution in [1.82, 2.24) is 4.90 Å². The van der Waals surface area contributed by atoms with Gasteiger partial charge in [0.1, 0.15) is 0 Å². The van der Waals surface area contributed by atoms with Crippen LogP contribution in [-0.2, 0) is 14.3 Å². The van der Waals surface area contributed by atoms with Crippen molar-refractivity contribution in [3.8, 4) is 0 Å². The number of amides is 1. The van der Waals surface area contributed by atoms with Gasteiger partial charge >= 0.3 is 5.97 Å². The number of carbonyl (C=O) groups is 2. The average molecular weight is 295 g/mol. The average Bonchev–Trinajstić information content (AvgIpc) is 2.48. The van der Waals surface area contributed by atoms with Crippen molar-refractivity contribution in [2.24, 2.45) is 0 Å². The summed E-state index contributed by atoms with van der Waals surface area (Å²) in [5, 5.41) is 8.90. The molecule has 0 aromatic heterocycles. The third kappa shape index (κ3) is 4.25. The van der Waals surface area contributed by atoms with E-state index in [1.54, 1.807) is 16.7 Å². The van der Waals surface area contributed by atoms with Crippen LogP contribution in [0.1, 0.15) is 6.42 Å². The highest BCUT2D eigenvalue weighted by atomic mass is 32.2. The van der Waals surface area contributed by atoms with E-state index in [0.29, 0.717) is 18.7 Å². The molecule has 1 N–H and O–H groups in total. The van der Waals surface area contributed by atoms with Crippen LogP contribution in [0.15, 0.2) is 35.2 Å². The number of benzene rings is 1. The highest BCUT2D eigenvalue weighted by molar-refractivity contribution is 7.99. The number of thioether (sulfide) groups is 1. The lowest BCUT2D eigenvalue weighted by atomic mass is 10.2. The van der Waals surface area contributed by atoms with Crippen molar-refractivity contribution >= 4 is 23.6 Å². The predicted octanol–water partition coefficient (Wildman–Crippen LogP) is 1.48. The molecule has 1 aliphatic heterocycles. The third-order valence-electron chi connectivity index (χ3n) is 3.02. The van der Waals surface area contributed by atoms with Crippen molar-refractivity contribution in [2.75, 3.05) is 25.4 Å². The molecule has 1 saturated heterocycles. The summed E-state index contributed by atoms with van der Waals surface area (Å²) < 4.78 is 5.09. The van der Waals surface area contributed by atoms with Gasteiger partial charge < -0.3 is 14.7 Å². The van der Waals surface area contributed by atoms with Crippen LogP contribution < -0.4 is 0 Å². The highest BCUT2D eigenvalue weighted by Crippen LogP contribution is 2.18. The van der Waals surface area contributed by atoms with Gasteiger partial charge in [-0.25, -0.2) is 4.79 Å². The Morgan fingerprint density at radius 1 is 1.35 bits per heavy atom. The Balaban J connectivity index is 1.75. The molecule has 0 saturated carbocycles. The van der Waals surface area contributed by atoms with Gasteiger partial charge in [-0.15, -0.1) is 11.8 Å². The van der Waals surface area contributed by atoms with Crippen molar-refractivity contribution < 1.29 is 19.4 Å². The van der Waals surface area contributed by atoms with Gasteiger partial charge in [-0.2, -0.15) is 0 Å². The Hall–Kier alpha value is -1.53. The second-order valence-electron chi connectivity index (χ2n) is 4.45. The molecule has 1 fully saturated rings. The van der Waals surface area contributed by atoms with E-state index in [1.807, 2.05) is 30.3 Å². The molecule has 1 atom stereocenters. The summed E-state index contributed by atoms with van der Waals surface area (Å²) in [5.41, 5.74) is 0. The van der Waals surface area contributed by atoms with Gasteiger partial charge in [0.25, 0.3) is 0 Å². The summed E-state index contributed by atoms with van der Waals surface area (Å²) >= 11 is 1.62. The van der Waals surface area contributed by atoms with E-state index in [0.717, 1.165) is 4.90 Å². The molecule has 1 aliphatic rings. The SMILES string of the molecule is O=C(O)C1CN(C(=O)CCSc2ccccc2)CCO1. The maximum Gasteiger partial charge on any atom is 0.334 e. The maximum absolute atomic E-state index is 12.0. The first-order chi connectivity index (χ1) is 9.66. The summed E-state index contributed by atoms with van der Waals surface area (Å²) in [5.74, 6) is -0.332. The van der Waals surface area contributed by atoms with Gasteiger partial charge in [0.15, 0.2) is 6.10 Å². The molecule has 108 valence electrons. The van der Waals surface area contributed by atoms with Crippen LogP contribution in [0, 0.1) is 0 Å². The zero-order valence-corrected chi connectivity index (χ0v) is 11.8. The van der Waals surface area contributed by atoms with E-state index >= 15 is 0 Å². The number of aliphatic carboxylic acids is 1. The van der Waals surface area contributed by atoms with Gasteiger partial charge in [-0.1, -0.05) is 18.2 Å². The zero-order chi connectivity index (χ0) is 14.4. The number of morpholine rings is 1. The van der Waals surface area contributed by atoms with Crippen molar-refractivity contribution in [1.29, 1.82) is 0 Å². The molecule has 0 bridgehead atoms. The predicted molar refractivity (Wildman–Crippen MR) is 75.7 cm³/mol. The Bertz CT molecular complexity index is 466. The second-order valence-corrected chi connectivity index (χ2v) is 5.62. The number of nitrogens with zero attached hydrogens (tertiary/aromatic N) is 1.